The summed E-state index contributed by atoms with van der Waals surface area (Å²) in [7, 11) is 0. The summed E-state index contributed by atoms with van der Waals surface area (Å²) in [6, 6.07) is 0. The van der Waals surface area contributed by atoms with Crippen molar-refractivity contribution in [2.75, 3.05) is 0 Å². The van der Waals surface area contributed by atoms with Gasteiger partial charge in [0.05, 0.1) is 0 Å². The zero-order chi connectivity index (χ0) is 18.8. The van der Waals surface area contributed by atoms with Crippen LogP contribution in [0.25, 0.3) is 0 Å². The molecular formula is C23H44. The van der Waals surface area contributed by atoms with Crippen LogP contribution in [0.1, 0.15) is 94.9 Å². The molecule has 136 valence electrons. The van der Waals surface area contributed by atoms with E-state index in [1.54, 1.807) is 0 Å². The van der Waals surface area contributed by atoms with E-state index in [1.807, 2.05) is 0 Å². The van der Waals surface area contributed by atoms with E-state index < -0.39 is 0 Å². The van der Waals surface area contributed by atoms with E-state index in [9.17, 15) is 0 Å². The van der Waals surface area contributed by atoms with Crippen molar-refractivity contribution in [2.45, 2.75) is 94.9 Å². The van der Waals surface area contributed by atoms with Gasteiger partial charge in [0.1, 0.15) is 0 Å². The van der Waals surface area contributed by atoms with Crippen molar-refractivity contribution in [3.05, 3.63) is 47.1 Å². The Morgan fingerprint density at radius 3 is 1.48 bits per heavy atom. The molecule has 0 aromatic rings. The lowest BCUT2D eigenvalue weighted by Crippen LogP contribution is -1.97. The van der Waals surface area contributed by atoms with Crippen molar-refractivity contribution >= 4 is 0 Å². The molecule has 0 aromatic carbocycles. The molecule has 1 atom stereocenters. The van der Waals surface area contributed by atoms with Gasteiger partial charge in [0.15, 0.2) is 0 Å². The summed E-state index contributed by atoms with van der Waals surface area (Å²) in [6.07, 6.45) is 11.4. The van der Waals surface area contributed by atoms with Crippen LogP contribution in [-0.4, -0.2) is 0 Å². The lowest BCUT2D eigenvalue weighted by molar-refractivity contribution is 0.601. The maximum atomic E-state index is 3.97. The molecule has 0 heterocycles. The Balaban J connectivity index is -0.000000284. The summed E-state index contributed by atoms with van der Waals surface area (Å²) in [6.45, 7) is 25.3. The molecule has 0 rings (SSSR count). The first-order valence-electron chi connectivity index (χ1n) is 9.19. The molecular weight excluding hydrogens is 276 g/mol. The molecule has 0 saturated carbocycles. The molecule has 0 heteroatoms. The Labute approximate surface area is 148 Å². The van der Waals surface area contributed by atoms with E-state index in [1.165, 1.54) is 41.6 Å². The molecule has 0 spiro atoms. The van der Waals surface area contributed by atoms with E-state index in [0.717, 1.165) is 6.42 Å². The van der Waals surface area contributed by atoms with Gasteiger partial charge in [-0.15, -0.1) is 0 Å². The molecule has 0 fully saturated rings. The summed E-state index contributed by atoms with van der Waals surface area (Å²) in [5, 5.41) is 0. The van der Waals surface area contributed by atoms with Crippen LogP contribution < -0.4 is 0 Å². The van der Waals surface area contributed by atoms with E-state index in [-0.39, 0.29) is 0 Å². The first kappa shape index (κ1) is 26.8. The Morgan fingerprint density at radius 2 is 1.35 bits per heavy atom. The molecule has 0 amide bonds. The van der Waals surface area contributed by atoms with Gasteiger partial charge in [0.25, 0.3) is 0 Å². The lowest BCUT2D eigenvalue weighted by atomic mass is 9.94. The van der Waals surface area contributed by atoms with Crippen LogP contribution in [0.3, 0.4) is 0 Å². The molecule has 1 unspecified atom stereocenters. The molecule has 0 aromatic heterocycles. The van der Waals surface area contributed by atoms with Crippen LogP contribution in [0.5, 0.6) is 0 Å². The van der Waals surface area contributed by atoms with Crippen molar-refractivity contribution in [2.24, 2.45) is 5.92 Å². The topological polar surface area (TPSA) is 0 Å². The van der Waals surface area contributed by atoms with Crippen LogP contribution in [-0.2, 0) is 0 Å². The van der Waals surface area contributed by atoms with Gasteiger partial charge in [0.2, 0.25) is 0 Å². The Kier molecular flexibility index (Phi) is 22.2. The minimum absolute atomic E-state index is 0.685. The highest BCUT2D eigenvalue weighted by atomic mass is 14.1. The molecule has 0 N–H and O–H groups in total. The van der Waals surface area contributed by atoms with Crippen LogP contribution in [0.2, 0.25) is 0 Å². The van der Waals surface area contributed by atoms with Gasteiger partial charge in [-0.1, -0.05) is 67.9 Å². The highest BCUT2D eigenvalue weighted by molar-refractivity contribution is 5.02. The quantitative estimate of drug-likeness (QED) is 0.429. The lowest BCUT2D eigenvalue weighted by Gasteiger charge is -2.11. The summed E-state index contributed by atoms with van der Waals surface area (Å²) in [5.74, 6) is 0.685. The maximum Gasteiger partial charge on any atom is -0.0177 e. The first-order valence-corrected chi connectivity index (χ1v) is 9.19. The van der Waals surface area contributed by atoms with E-state index >= 15 is 0 Å². The summed E-state index contributed by atoms with van der Waals surface area (Å²) < 4.78 is 0. The molecule has 0 aliphatic rings. The molecule has 0 bridgehead atoms. The van der Waals surface area contributed by atoms with E-state index in [2.05, 4.69) is 94.0 Å². The zero-order valence-corrected chi connectivity index (χ0v) is 17.8. The van der Waals surface area contributed by atoms with Crippen molar-refractivity contribution < 1.29 is 0 Å². The molecule has 0 saturated heterocycles. The molecule has 0 nitrogen and oxygen atoms in total. The normalized spacial score (nSPS) is 11.1. The first-order chi connectivity index (χ1) is 10.7. The minimum Gasteiger partial charge on any atom is -0.0998 e. The van der Waals surface area contributed by atoms with E-state index in [4.69, 9.17) is 0 Å². The highest BCUT2D eigenvalue weighted by Gasteiger charge is 2.03. The molecule has 0 aliphatic heterocycles. The van der Waals surface area contributed by atoms with Crippen molar-refractivity contribution in [3.8, 4) is 0 Å². The fraction of sp³-hybridized carbons (Fsp3) is 0.652. The number of hydrogen-bond acceptors (Lipinski definition) is 0. The number of hydrogen-bond donors (Lipinski definition) is 0. The van der Waals surface area contributed by atoms with Crippen LogP contribution >= 0.6 is 0 Å². The third-order valence-corrected chi connectivity index (χ3v) is 3.66. The number of allylic oxidation sites excluding steroid dienone is 7. The van der Waals surface area contributed by atoms with Gasteiger partial charge in [-0.2, -0.15) is 0 Å². The Morgan fingerprint density at radius 1 is 0.870 bits per heavy atom. The summed E-state index contributed by atoms with van der Waals surface area (Å²) in [5.41, 5.74) is 5.60. The average molecular weight is 321 g/mol. The van der Waals surface area contributed by atoms with Crippen LogP contribution in [0.4, 0.5) is 0 Å². The van der Waals surface area contributed by atoms with Gasteiger partial charge in [-0.05, 0) is 80.1 Å². The maximum absolute atomic E-state index is 3.97. The second-order valence-corrected chi connectivity index (χ2v) is 6.65. The predicted octanol–water partition coefficient (Wildman–Crippen LogP) is 8.67. The zero-order valence-electron chi connectivity index (χ0n) is 17.8. The fourth-order valence-electron chi connectivity index (χ4n) is 1.71. The fourth-order valence-corrected chi connectivity index (χ4v) is 1.71. The largest absolute Gasteiger partial charge is 0.0998 e. The summed E-state index contributed by atoms with van der Waals surface area (Å²) >= 11 is 0. The molecule has 0 radical (unpaired) electrons. The molecule has 0 aliphatic carbocycles. The smallest absolute Gasteiger partial charge is 0.0177 e. The van der Waals surface area contributed by atoms with E-state index in [0.29, 0.717) is 5.92 Å². The van der Waals surface area contributed by atoms with Gasteiger partial charge in [0, 0.05) is 0 Å². The second kappa shape index (κ2) is 19.0. The van der Waals surface area contributed by atoms with Crippen LogP contribution in [0, 0.1) is 5.92 Å². The van der Waals surface area contributed by atoms with Crippen LogP contribution in [0.15, 0.2) is 47.1 Å². The second-order valence-electron chi connectivity index (χ2n) is 6.65. The highest BCUT2D eigenvalue weighted by Crippen LogP contribution is 2.17. The average Bonchev–Trinajstić information content (AvgIpc) is 2.47. The van der Waals surface area contributed by atoms with Gasteiger partial charge in [-0.25, -0.2) is 0 Å². The van der Waals surface area contributed by atoms with Crippen molar-refractivity contribution in [1.29, 1.82) is 0 Å². The standard InChI is InChI=1S/C11H20.2C6H12/c1-6-11(10(4)5)8-7-9(2)3;1-4-5-6(2)3;1-4-6(3)5-2/h7,11H,4,6,8H2,1-3,5H3;5H,4H2,1-3H3;4H,5H2,1-3H3/b;;6-4-. The SMILES string of the molecule is C/C=C(/C)CC.C=C(C)C(CC)CC=C(C)C.CCC=C(C)C. The predicted molar refractivity (Wildman–Crippen MR) is 112 cm³/mol. The summed E-state index contributed by atoms with van der Waals surface area (Å²) in [4.78, 5) is 0. The molecule has 23 heavy (non-hydrogen) atoms. The van der Waals surface area contributed by atoms with Gasteiger partial charge < -0.3 is 0 Å². The third kappa shape index (κ3) is 26.2. The third-order valence-electron chi connectivity index (χ3n) is 3.66. The monoisotopic (exact) mass is 320 g/mol. The van der Waals surface area contributed by atoms with Gasteiger partial charge in [-0.3, -0.25) is 0 Å². The Bertz CT molecular complexity index is 355. The minimum atomic E-state index is 0.685. The Hall–Kier alpha value is -1.04. The van der Waals surface area contributed by atoms with Crippen molar-refractivity contribution in [3.63, 3.8) is 0 Å². The van der Waals surface area contributed by atoms with Crippen molar-refractivity contribution in [1.82, 2.24) is 0 Å². The van der Waals surface area contributed by atoms with Gasteiger partial charge >= 0.3 is 0 Å². The number of rotatable bonds is 6.